The molecular formula is C6H11N3O2S. The predicted octanol–water partition coefficient (Wildman–Crippen LogP) is -0.869. The lowest BCUT2D eigenvalue weighted by molar-refractivity contribution is 0.597. The summed E-state index contributed by atoms with van der Waals surface area (Å²) in [5, 5.41) is 4.91. The summed E-state index contributed by atoms with van der Waals surface area (Å²) in [6.07, 6.45) is 1.44. The van der Waals surface area contributed by atoms with E-state index in [2.05, 4.69) is 0 Å². The second kappa shape index (κ2) is 2.89. The van der Waals surface area contributed by atoms with E-state index in [-0.39, 0.29) is 4.90 Å². The molecule has 1 rings (SSSR count). The van der Waals surface area contributed by atoms with Crippen LogP contribution in [0.2, 0.25) is 0 Å². The van der Waals surface area contributed by atoms with Crippen molar-refractivity contribution in [3.63, 3.8) is 0 Å². The number of sulfonamides is 1. The van der Waals surface area contributed by atoms with Crippen LogP contribution in [0.25, 0.3) is 0 Å². The molecule has 68 valence electrons. The van der Waals surface area contributed by atoms with Gasteiger partial charge >= 0.3 is 0 Å². The van der Waals surface area contributed by atoms with Crippen LogP contribution in [-0.2, 0) is 23.6 Å². The molecular weight excluding hydrogens is 178 g/mol. The van der Waals surface area contributed by atoms with Crippen molar-refractivity contribution in [2.75, 3.05) is 0 Å². The van der Waals surface area contributed by atoms with Crippen LogP contribution in [0.4, 0.5) is 0 Å². The van der Waals surface area contributed by atoms with E-state index in [1.54, 1.807) is 11.6 Å². The van der Waals surface area contributed by atoms with Gasteiger partial charge in [0.25, 0.3) is 0 Å². The molecule has 1 heterocycles. The van der Waals surface area contributed by atoms with Crippen molar-refractivity contribution in [3.05, 3.63) is 18.0 Å². The van der Waals surface area contributed by atoms with Gasteiger partial charge in [-0.2, -0.15) is 0 Å². The number of hydrogen-bond acceptors (Lipinski definition) is 3. The Morgan fingerprint density at radius 3 is 2.42 bits per heavy atom. The van der Waals surface area contributed by atoms with Crippen LogP contribution in [-0.4, -0.2) is 13.0 Å². The highest BCUT2D eigenvalue weighted by Crippen LogP contribution is 2.10. The standard InChI is InChI=1S/C6H11N3O2S/c1-9-4-6(12(8,10)11)2-5(9)3-7/h2,4H,3,7H2,1H3,(H2,8,10,11). The fourth-order valence-electron chi connectivity index (χ4n) is 0.936. The van der Waals surface area contributed by atoms with Crippen LogP contribution < -0.4 is 10.9 Å². The van der Waals surface area contributed by atoms with Gasteiger partial charge in [0.1, 0.15) is 0 Å². The normalized spacial score (nSPS) is 11.9. The largest absolute Gasteiger partial charge is 0.352 e. The van der Waals surface area contributed by atoms with E-state index in [0.717, 1.165) is 5.69 Å². The summed E-state index contributed by atoms with van der Waals surface area (Å²) in [5.74, 6) is 0. The maximum atomic E-state index is 10.8. The summed E-state index contributed by atoms with van der Waals surface area (Å²) in [6.45, 7) is 0.298. The number of aryl methyl sites for hydroxylation is 1. The lowest BCUT2D eigenvalue weighted by Crippen LogP contribution is -2.11. The Morgan fingerprint density at radius 2 is 2.17 bits per heavy atom. The van der Waals surface area contributed by atoms with Gasteiger partial charge in [0, 0.05) is 25.5 Å². The average Bonchev–Trinajstić information content (AvgIpc) is 2.29. The second-order valence-corrected chi connectivity index (χ2v) is 4.09. The first kappa shape index (κ1) is 9.24. The van der Waals surface area contributed by atoms with E-state index in [1.165, 1.54) is 12.3 Å². The number of nitrogens with zero attached hydrogens (tertiary/aromatic N) is 1. The Morgan fingerprint density at radius 1 is 1.58 bits per heavy atom. The Balaban J connectivity index is 3.23. The predicted molar refractivity (Wildman–Crippen MR) is 44.7 cm³/mol. The molecule has 1 aromatic heterocycles. The molecule has 4 N–H and O–H groups in total. The summed E-state index contributed by atoms with van der Waals surface area (Å²) in [5.41, 5.74) is 6.09. The number of nitrogens with two attached hydrogens (primary N) is 2. The van der Waals surface area contributed by atoms with Crippen LogP contribution >= 0.6 is 0 Å². The summed E-state index contributed by atoms with van der Waals surface area (Å²) in [6, 6.07) is 1.47. The third-order valence-electron chi connectivity index (χ3n) is 1.62. The van der Waals surface area contributed by atoms with Crippen LogP contribution in [0.15, 0.2) is 17.2 Å². The molecule has 0 fully saturated rings. The minimum Gasteiger partial charge on any atom is -0.352 e. The van der Waals surface area contributed by atoms with E-state index in [1.807, 2.05) is 0 Å². The molecule has 1 aromatic rings. The summed E-state index contributed by atoms with van der Waals surface area (Å²) in [4.78, 5) is 0.102. The molecule has 0 unspecified atom stereocenters. The van der Waals surface area contributed by atoms with E-state index in [9.17, 15) is 8.42 Å². The van der Waals surface area contributed by atoms with Gasteiger partial charge in [-0.3, -0.25) is 0 Å². The second-order valence-electron chi connectivity index (χ2n) is 2.53. The minimum atomic E-state index is -3.59. The van der Waals surface area contributed by atoms with E-state index >= 15 is 0 Å². The van der Waals surface area contributed by atoms with Gasteiger partial charge in [-0.15, -0.1) is 0 Å². The fraction of sp³-hybridized carbons (Fsp3) is 0.333. The zero-order valence-electron chi connectivity index (χ0n) is 6.69. The molecule has 0 radical (unpaired) electrons. The van der Waals surface area contributed by atoms with Crippen LogP contribution in [0, 0.1) is 0 Å². The molecule has 0 spiro atoms. The quantitative estimate of drug-likeness (QED) is 0.633. The van der Waals surface area contributed by atoms with E-state index in [0.29, 0.717) is 6.54 Å². The molecule has 0 aliphatic carbocycles. The minimum absolute atomic E-state index is 0.102. The zero-order valence-corrected chi connectivity index (χ0v) is 7.50. The SMILES string of the molecule is Cn1cc(S(N)(=O)=O)cc1CN. The Kier molecular flexibility index (Phi) is 2.22. The Labute approximate surface area is 71.0 Å². The van der Waals surface area contributed by atoms with Crippen LogP contribution in [0.1, 0.15) is 5.69 Å². The van der Waals surface area contributed by atoms with Crippen LogP contribution in [0.5, 0.6) is 0 Å². The van der Waals surface area contributed by atoms with Gasteiger partial charge in [-0.1, -0.05) is 0 Å². The molecule has 0 aromatic carbocycles. The van der Waals surface area contributed by atoms with Crippen molar-refractivity contribution >= 4 is 10.0 Å². The molecule has 0 bridgehead atoms. The summed E-state index contributed by atoms with van der Waals surface area (Å²) in [7, 11) is -1.87. The van der Waals surface area contributed by atoms with Crippen molar-refractivity contribution < 1.29 is 8.42 Å². The molecule has 6 heteroatoms. The van der Waals surface area contributed by atoms with Gasteiger partial charge in [-0.25, -0.2) is 13.6 Å². The van der Waals surface area contributed by atoms with Gasteiger partial charge in [0.05, 0.1) is 4.90 Å². The third kappa shape index (κ3) is 1.66. The molecule has 12 heavy (non-hydrogen) atoms. The Bertz CT molecular complexity index is 379. The molecule has 0 saturated heterocycles. The van der Waals surface area contributed by atoms with Crippen molar-refractivity contribution in [2.24, 2.45) is 17.9 Å². The smallest absolute Gasteiger partial charge is 0.239 e. The molecule has 0 amide bonds. The number of hydrogen-bond donors (Lipinski definition) is 2. The van der Waals surface area contributed by atoms with Crippen LogP contribution in [0.3, 0.4) is 0 Å². The van der Waals surface area contributed by atoms with Gasteiger partial charge in [0.2, 0.25) is 10.0 Å². The van der Waals surface area contributed by atoms with Crippen molar-refractivity contribution in [2.45, 2.75) is 11.4 Å². The van der Waals surface area contributed by atoms with Gasteiger partial charge in [0.15, 0.2) is 0 Å². The summed E-state index contributed by atoms with van der Waals surface area (Å²) >= 11 is 0. The maximum Gasteiger partial charge on any atom is 0.239 e. The molecule has 0 atom stereocenters. The monoisotopic (exact) mass is 189 g/mol. The first-order valence-electron chi connectivity index (χ1n) is 3.33. The van der Waals surface area contributed by atoms with E-state index < -0.39 is 10.0 Å². The number of primary sulfonamides is 1. The molecule has 0 aliphatic heterocycles. The summed E-state index contributed by atoms with van der Waals surface area (Å²) < 4.78 is 23.3. The Hall–Kier alpha value is -0.850. The van der Waals surface area contributed by atoms with E-state index in [4.69, 9.17) is 10.9 Å². The van der Waals surface area contributed by atoms with Crippen molar-refractivity contribution in [1.29, 1.82) is 0 Å². The zero-order chi connectivity index (χ0) is 9.35. The topological polar surface area (TPSA) is 91.1 Å². The lowest BCUT2D eigenvalue weighted by Gasteiger charge is -1.94. The molecule has 5 nitrogen and oxygen atoms in total. The average molecular weight is 189 g/mol. The van der Waals surface area contributed by atoms with Crippen molar-refractivity contribution in [1.82, 2.24) is 4.57 Å². The first-order valence-corrected chi connectivity index (χ1v) is 4.88. The van der Waals surface area contributed by atoms with Gasteiger partial charge < -0.3 is 10.3 Å². The number of rotatable bonds is 2. The van der Waals surface area contributed by atoms with Gasteiger partial charge in [-0.05, 0) is 6.07 Å². The highest BCUT2D eigenvalue weighted by Gasteiger charge is 2.11. The first-order chi connectivity index (χ1) is 5.45. The fourth-order valence-corrected chi connectivity index (χ4v) is 1.54. The third-order valence-corrected chi connectivity index (χ3v) is 2.50. The highest BCUT2D eigenvalue weighted by atomic mass is 32.2. The van der Waals surface area contributed by atoms with Crippen molar-refractivity contribution in [3.8, 4) is 0 Å². The molecule has 0 aliphatic rings. The number of aromatic nitrogens is 1. The maximum absolute atomic E-state index is 10.8. The lowest BCUT2D eigenvalue weighted by atomic mass is 10.4. The molecule has 0 saturated carbocycles. The highest BCUT2D eigenvalue weighted by molar-refractivity contribution is 7.89.